The Hall–Kier alpha value is -0.160. The number of hydrogen-bond acceptors (Lipinski definition) is 4. The Balaban J connectivity index is 2.38. The Bertz CT molecular complexity index is 243. The fourth-order valence-electron chi connectivity index (χ4n) is 2.40. The van der Waals surface area contributed by atoms with Gasteiger partial charge in [-0.3, -0.25) is 0 Å². The highest BCUT2D eigenvalue weighted by atomic mass is 16.5. The summed E-state index contributed by atoms with van der Waals surface area (Å²) in [6, 6.07) is 0.410. The molecule has 0 heterocycles. The maximum atomic E-state index is 9.26. The van der Waals surface area contributed by atoms with E-state index in [4.69, 9.17) is 9.47 Å². The van der Waals surface area contributed by atoms with Crippen LogP contribution in [0.1, 0.15) is 34.1 Å². The molecule has 0 amide bonds. The molecule has 4 heteroatoms. The molecule has 0 radical (unpaired) electrons. The minimum Gasteiger partial charge on any atom is -0.395 e. The molecule has 0 aromatic carbocycles. The highest BCUT2D eigenvalue weighted by Gasteiger charge is 2.49. The molecule has 3 unspecified atom stereocenters. The predicted molar refractivity (Wildman–Crippen MR) is 72.6 cm³/mol. The van der Waals surface area contributed by atoms with Gasteiger partial charge in [-0.15, -0.1) is 0 Å². The summed E-state index contributed by atoms with van der Waals surface area (Å²) in [5.41, 5.74) is 0.121. The van der Waals surface area contributed by atoms with Gasteiger partial charge in [-0.2, -0.15) is 0 Å². The molecule has 1 aliphatic carbocycles. The molecular weight excluding hydrogens is 230 g/mol. The zero-order valence-electron chi connectivity index (χ0n) is 12.4. The zero-order valence-corrected chi connectivity index (χ0v) is 12.4. The summed E-state index contributed by atoms with van der Waals surface area (Å²) in [6.07, 6.45) is 1.33. The summed E-state index contributed by atoms with van der Waals surface area (Å²) >= 11 is 0. The van der Waals surface area contributed by atoms with Gasteiger partial charge in [-0.1, -0.05) is 27.7 Å². The van der Waals surface area contributed by atoms with E-state index in [1.165, 1.54) is 0 Å². The number of aliphatic hydroxyl groups is 1. The van der Waals surface area contributed by atoms with Gasteiger partial charge in [0.2, 0.25) is 0 Å². The zero-order chi connectivity index (χ0) is 13.8. The minimum absolute atomic E-state index is 0.0188. The van der Waals surface area contributed by atoms with Crippen molar-refractivity contribution < 1.29 is 14.6 Å². The predicted octanol–water partition coefficient (Wildman–Crippen LogP) is 1.42. The molecule has 4 nitrogen and oxygen atoms in total. The molecule has 0 bridgehead atoms. The van der Waals surface area contributed by atoms with Crippen molar-refractivity contribution in [2.24, 2.45) is 11.3 Å². The van der Waals surface area contributed by atoms with Crippen LogP contribution in [0.15, 0.2) is 0 Å². The van der Waals surface area contributed by atoms with Crippen molar-refractivity contribution in [3.05, 3.63) is 0 Å². The lowest BCUT2D eigenvalue weighted by atomic mass is 9.64. The maximum Gasteiger partial charge on any atom is 0.0656 e. The summed E-state index contributed by atoms with van der Waals surface area (Å²) in [5.74, 6) is 0.575. The maximum absolute atomic E-state index is 9.26. The summed E-state index contributed by atoms with van der Waals surface area (Å²) in [5, 5.41) is 12.7. The molecule has 0 spiro atoms. The van der Waals surface area contributed by atoms with Gasteiger partial charge in [0, 0.05) is 25.2 Å². The largest absolute Gasteiger partial charge is 0.395 e. The van der Waals surface area contributed by atoms with E-state index in [1.54, 1.807) is 7.11 Å². The van der Waals surface area contributed by atoms with E-state index in [0.29, 0.717) is 24.7 Å². The van der Waals surface area contributed by atoms with E-state index in [-0.39, 0.29) is 18.1 Å². The smallest absolute Gasteiger partial charge is 0.0656 e. The van der Waals surface area contributed by atoms with E-state index < -0.39 is 0 Å². The topological polar surface area (TPSA) is 50.7 Å². The fraction of sp³-hybridized carbons (Fsp3) is 1.00. The Morgan fingerprint density at radius 3 is 2.44 bits per heavy atom. The lowest BCUT2D eigenvalue weighted by molar-refractivity contribution is -0.128. The summed E-state index contributed by atoms with van der Waals surface area (Å²) in [7, 11) is 1.66. The molecule has 1 saturated carbocycles. The number of rotatable bonds is 8. The van der Waals surface area contributed by atoms with Crippen molar-refractivity contribution in [1.29, 1.82) is 0 Å². The first-order valence-electron chi connectivity index (χ1n) is 6.89. The molecule has 2 N–H and O–H groups in total. The van der Waals surface area contributed by atoms with Crippen LogP contribution < -0.4 is 5.32 Å². The first-order chi connectivity index (χ1) is 8.41. The van der Waals surface area contributed by atoms with E-state index in [1.807, 2.05) is 0 Å². The monoisotopic (exact) mass is 259 g/mol. The van der Waals surface area contributed by atoms with Crippen LogP contribution in [0.5, 0.6) is 0 Å². The Kier molecular flexibility index (Phi) is 6.05. The van der Waals surface area contributed by atoms with Crippen LogP contribution >= 0.6 is 0 Å². The first kappa shape index (κ1) is 15.9. The lowest BCUT2D eigenvalue weighted by Gasteiger charge is -2.53. The second kappa shape index (κ2) is 6.85. The average molecular weight is 259 g/mol. The van der Waals surface area contributed by atoms with Crippen LogP contribution in [0, 0.1) is 11.3 Å². The molecule has 0 aliphatic heterocycles. The third kappa shape index (κ3) is 3.92. The van der Waals surface area contributed by atoms with Crippen LogP contribution in [0.3, 0.4) is 0 Å². The number of methoxy groups -OCH3 is 1. The van der Waals surface area contributed by atoms with Crippen LogP contribution in [0.25, 0.3) is 0 Å². The first-order valence-corrected chi connectivity index (χ1v) is 6.89. The van der Waals surface area contributed by atoms with Crippen molar-refractivity contribution >= 4 is 0 Å². The number of nitrogens with one attached hydrogen (secondary N) is 1. The van der Waals surface area contributed by atoms with Crippen LogP contribution in [-0.2, 0) is 9.47 Å². The Morgan fingerprint density at radius 2 is 2.00 bits per heavy atom. The van der Waals surface area contributed by atoms with Crippen LogP contribution in [0.4, 0.5) is 0 Å². The molecule has 1 fully saturated rings. The van der Waals surface area contributed by atoms with Gasteiger partial charge in [0.1, 0.15) is 0 Å². The number of ether oxygens (including phenoxy) is 2. The molecule has 1 rings (SSSR count). The quantitative estimate of drug-likeness (QED) is 0.692. The van der Waals surface area contributed by atoms with Crippen LogP contribution in [0.2, 0.25) is 0 Å². The van der Waals surface area contributed by atoms with Gasteiger partial charge in [0.25, 0.3) is 0 Å². The van der Waals surface area contributed by atoms with Crippen molar-refractivity contribution in [2.75, 3.05) is 26.9 Å². The summed E-state index contributed by atoms with van der Waals surface area (Å²) in [6.45, 7) is 10.3. The normalized spacial score (nSPS) is 28.2. The molecule has 1 aliphatic rings. The summed E-state index contributed by atoms with van der Waals surface area (Å²) in [4.78, 5) is 0. The van der Waals surface area contributed by atoms with Gasteiger partial charge in [0.15, 0.2) is 0 Å². The molecular formula is C14H29NO3. The molecule has 0 saturated heterocycles. The second-order valence-electron chi connectivity index (χ2n) is 6.33. The van der Waals surface area contributed by atoms with E-state index in [0.717, 1.165) is 13.0 Å². The van der Waals surface area contributed by atoms with Gasteiger partial charge < -0.3 is 19.9 Å². The average Bonchev–Trinajstić information content (AvgIpc) is 2.30. The third-order valence-electron chi connectivity index (χ3n) is 3.83. The Labute approximate surface area is 111 Å². The van der Waals surface area contributed by atoms with Crippen LogP contribution in [-0.4, -0.2) is 50.2 Å². The van der Waals surface area contributed by atoms with Crippen molar-refractivity contribution in [3.8, 4) is 0 Å². The molecule has 108 valence electrons. The van der Waals surface area contributed by atoms with Gasteiger partial charge >= 0.3 is 0 Å². The second-order valence-corrected chi connectivity index (χ2v) is 6.33. The van der Waals surface area contributed by atoms with Gasteiger partial charge in [-0.25, -0.2) is 0 Å². The van der Waals surface area contributed by atoms with Crippen molar-refractivity contribution in [2.45, 2.75) is 52.3 Å². The molecule has 0 aromatic rings. The van der Waals surface area contributed by atoms with Gasteiger partial charge in [-0.05, 0) is 12.3 Å². The molecule has 3 atom stereocenters. The molecule has 18 heavy (non-hydrogen) atoms. The van der Waals surface area contributed by atoms with E-state index in [2.05, 4.69) is 33.0 Å². The number of hydrogen-bond donors (Lipinski definition) is 2. The summed E-state index contributed by atoms with van der Waals surface area (Å²) < 4.78 is 11.0. The highest BCUT2D eigenvalue weighted by Crippen LogP contribution is 2.43. The minimum atomic E-state index is 0.0188. The number of aliphatic hydroxyl groups excluding tert-OH is 1. The Morgan fingerprint density at radius 1 is 1.33 bits per heavy atom. The SMILES string of the molecule is COCC(CO)NC1CC(OCC(C)C)C1(C)C. The van der Waals surface area contributed by atoms with Crippen molar-refractivity contribution in [3.63, 3.8) is 0 Å². The standard InChI is InChI=1S/C14H29NO3/c1-10(2)8-18-13-6-12(14(13,3)4)15-11(7-16)9-17-5/h10-13,15-16H,6-9H2,1-5H3. The highest BCUT2D eigenvalue weighted by molar-refractivity contribution is 5.03. The lowest BCUT2D eigenvalue weighted by Crippen LogP contribution is -2.63. The third-order valence-corrected chi connectivity index (χ3v) is 3.83. The van der Waals surface area contributed by atoms with Crippen molar-refractivity contribution in [1.82, 2.24) is 5.32 Å². The van der Waals surface area contributed by atoms with Gasteiger partial charge in [0.05, 0.1) is 25.4 Å². The van der Waals surface area contributed by atoms with E-state index >= 15 is 0 Å². The molecule has 0 aromatic heterocycles. The fourth-order valence-corrected chi connectivity index (χ4v) is 2.40. The van der Waals surface area contributed by atoms with E-state index in [9.17, 15) is 5.11 Å².